The van der Waals surface area contributed by atoms with Crippen LogP contribution in [0.25, 0.3) is 0 Å². The van der Waals surface area contributed by atoms with Gasteiger partial charge in [0.1, 0.15) is 11.6 Å². The third kappa shape index (κ3) is 2.55. The van der Waals surface area contributed by atoms with Gasteiger partial charge in [-0.3, -0.25) is 9.58 Å². The lowest BCUT2D eigenvalue weighted by molar-refractivity contribution is -0.142. The Morgan fingerprint density at radius 1 is 1.41 bits per heavy atom. The molecule has 1 N–H and O–H groups in total. The van der Waals surface area contributed by atoms with E-state index in [0.717, 1.165) is 6.42 Å². The minimum Gasteiger partial charge on any atom is -0.480 e. The zero-order valence-electron chi connectivity index (χ0n) is 13.0. The first-order valence-electron chi connectivity index (χ1n) is 7.43. The molecule has 1 saturated heterocycles. The number of nitrogens with zero attached hydrogens (tertiary/aromatic N) is 3. The first-order valence-corrected chi connectivity index (χ1v) is 7.43. The number of carbonyl (C=O) groups excluding carboxylic acids is 1. The monoisotopic (exact) mass is 307 g/mol. The van der Waals surface area contributed by atoms with Gasteiger partial charge in [-0.1, -0.05) is 0 Å². The number of hydrogen-bond acceptors (Lipinski definition) is 4. The van der Waals surface area contributed by atoms with Crippen molar-refractivity contribution in [2.24, 2.45) is 5.41 Å². The summed E-state index contributed by atoms with van der Waals surface area (Å²) < 4.78 is 7.18. The summed E-state index contributed by atoms with van der Waals surface area (Å²) in [6.07, 6.45) is 4.27. The van der Waals surface area contributed by atoms with Gasteiger partial charge in [0.25, 0.3) is 0 Å². The van der Waals surface area contributed by atoms with E-state index in [-0.39, 0.29) is 11.5 Å². The Labute approximate surface area is 128 Å². The number of ether oxygens (including phenoxy) is 1. The second-order valence-corrected chi connectivity index (χ2v) is 7.23. The molecule has 0 radical (unpaired) electrons. The van der Waals surface area contributed by atoms with Crippen LogP contribution in [0.1, 0.15) is 33.6 Å². The van der Waals surface area contributed by atoms with E-state index in [0.29, 0.717) is 13.0 Å². The lowest BCUT2D eigenvalue weighted by Crippen LogP contribution is -2.45. The summed E-state index contributed by atoms with van der Waals surface area (Å²) in [7, 11) is 0. The average molecular weight is 307 g/mol. The van der Waals surface area contributed by atoms with Crippen LogP contribution in [0, 0.1) is 5.41 Å². The Bertz CT molecular complexity index is 592. The van der Waals surface area contributed by atoms with E-state index in [1.165, 1.54) is 4.90 Å². The first-order chi connectivity index (χ1) is 10.2. The molecule has 1 aromatic rings. The number of carbonyl (C=O) groups is 2. The highest BCUT2D eigenvalue weighted by molar-refractivity contribution is 5.82. The van der Waals surface area contributed by atoms with Crippen LogP contribution in [0.15, 0.2) is 18.5 Å². The summed E-state index contributed by atoms with van der Waals surface area (Å²) in [5.41, 5.74) is -0.825. The number of likely N-dealkylation sites (tertiary alicyclic amines) is 1. The summed E-state index contributed by atoms with van der Waals surface area (Å²) in [6.45, 7) is 5.97. The first kappa shape index (κ1) is 14.9. The van der Waals surface area contributed by atoms with Crippen molar-refractivity contribution >= 4 is 12.1 Å². The SMILES string of the molecule is CC(C)(C)OC(=O)N1[C@H](C(=O)O)C[C@@]2(Cn3cccn3)C[C@@H]12. The van der Waals surface area contributed by atoms with E-state index in [2.05, 4.69) is 5.10 Å². The standard InChI is InChI=1S/C15H21N3O4/c1-14(2,3)22-13(21)18-10(12(19)20)7-15(8-11(15)18)9-17-6-4-5-16-17/h4-6,10-11H,7-9H2,1-3H3,(H,19,20)/t10-,11+,15-/m0/s1. The Balaban J connectivity index is 1.78. The van der Waals surface area contributed by atoms with E-state index >= 15 is 0 Å². The van der Waals surface area contributed by atoms with E-state index in [1.807, 2.05) is 12.3 Å². The summed E-state index contributed by atoms with van der Waals surface area (Å²) in [5.74, 6) is -0.974. The van der Waals surface area contributed by atoms with Gasteiger partial charge in [-0.25, -0.2) is 9.59 Å². The molecule has 1 amide bonds. The minimum atomic E-state index is -0.974. The van der Waals surface area contributed by atoms with Crippen molar-refractivity contribution in [3.63, 3.8) is 0 Å². The van der Waals surface area contributed by atoms with Gasteiger partial charge in [0, 0.05) is 30.4 Å². The predicted octanol–water partition coefficient (Wildman–Crippen LogP) is 1.74. The van der Waals surface area contributed by atoms with Crippen LogP contribution in [0.5, 0.6) is 0 Å². The highest BCUT2D eigenvalue weighted by Crippen LogP contribution is 2.60. The largest absolute Gasteiger partial charge is 0.480 e. The van der Waals surface area contributed by atoms with E-state index in [9.17, 15) is 14.7 Å². The molecule has 0 spiro atoms. The van der Waals surface area contributed by atoms with Crippen molar-refractivity contribution in [2.75, 3.05) is 0 Å². The second kappa shape index (κ2) is 4.72. The fourth-order valence-corrected chi connectivity index (χ4v) is 3.37. The molecule has 1 saturated carbocycles. The van der Waals surface area contributed by atoms with Gasteiger partial charge in [-0.05, 0) is 39.7 Å². The van der Waals surface area contributed by atoms with Crippen LogP contribution in [0.4, 0.5) is 4.79 Å². The molecule has 3 rings (SSSR count). The molecule has 1 aromatic heterocycles. The molecule has 2 heterocycles. The van der Waals surface area contributed by atoms with Crippen LogP contribution >= 0.6 is 0 Å². The Hall–Kier alpha value is -2.05. The van der Waals surface area contributed by atoms with Crippen LogP contribution in [0.3, 0.4) is 0 Å². The maximum absolute atomic E-state index is 12.4. The van der Waals surface area contributed by atoms with Gasteiger partial charge in [-0.2, -0.15) is 5.10 Å². The van der Waals surface area contributed by atoms with Crippen molar-refractivity contribution < 1.29 is 19.4 Å². The molecule has 2 fully saturated rings. The Morgan fingerprint density at radius 3 is 2.68 bits per heavy atom. The number of aromatic nitrogens is 2. The molecule has 0 aromatic carbocycles. The average Bonchev–Trinajstić information content (AvgIpc) is 2.74. The number of hydrogen-bond donors (Lipinski definition) is 1. The normalized spacial score (nSPS) is 30.0. The number of carboxylic acid groups (broad SMARTS) is 1. The number of piperidine rings is 1. The molecular formula is C15H21N3O4. The maximum atomic E-state index is 12.4. The van der Waals surface area contributed by atoms with Gasteiger partial charge >= 0.3 is 12.1 Å². The fourth-order valence-electron chi connectivity index (χ4n) is 3.37. The van der Waals surface area contributed by atoms with Gasteiger partial charge in [0.05, 0.1) is 0 Å². The van der Waals surface area contributed by atoms with Crippen molar-refractivity contribution in [1.29, 1.82) is 0 Å². The predicted molar refractivity (Wildman–Crippen MR) is 77.2 cm³/mol. The summed E-state index contributed by atoms with van der Waals surface area (Å²) in [6, 6.07) is 0.945. The summed E-state index contributed by atoms with van der Waals surface area (Å²) >= 11 is 0. The maximum Gasteiger partial charge on any atom is 0.411 e. The molecule has 120 valence electrons. The molecule has 0 unspecified atom stereocenters. The van der Waals surface area contributed by atoms with Crippen molar-refractivity contribution in [2.45, 2.75) is 57.8 Å². The van der Waals surface area contributed by atoms with E-state index in [4.69, 9.17) is 4.74 Å². The number of carboxylic acids is 1. The molecule has 7 nitrogen and oxygen atoms in total. The number of aliphatic carboxylic acids is 1. The number of amides is 1. The van der Waals surface area contributed by atoms with Gasteiger partial charge in [0.15, 0.2) is 0 Å². The van der Waals surface area contributed by atoms with Crippen LogP contribution in [0.2, 0.25) is 0 Å². The molecule has 2 aliphatic rings. The smallest absolute Gasteiger partial charge is 0.411 e. The quantitative estimate of drug-likeness (QED) is 0.919. The number of fused-ring (bicyclic) bond motifs is 1. The third-order valence-electron chi connectivity index (χ3n) is 4.34. The highest BCUT2D eigenvalue weighted by Gasteiger charge is 2.68. The minimum absolute atomic E-state index is 0.0763. The molecule has 1 aliphatic carbocycles. The zero-order chi connectivity index (χ0) is 16.1. The fraction of sp³-hybridized carbons (Fsp3) is 0.667. The molecular weight excluding hydrogens is 286 g/mol. The van der Waals surface area contributed by atoms with Crippen LogP contribution in [-0.2, 0) is 16.1 Å². The molecule has 1 aliphatic heterocycles. The molecule has 0 bridgehead atoms. The van der Waals surface area contributed by atoms with E-state index < -0.39 is 23.7 Å². The summed E-state index contributed by atoms with van der Waals surface area (Å²) in [4.78, 5) is 25.3. The van der Waals surface area contributed by atoms with Crippen molar-refractivity contribution in [3.05, 3.63) is 18.5 Å². The van der Waals surface area contributed by atoms with Crippen LogP contribution < -0.4 is 0 Å². The third-order valence-corrected chi connectivity index (χ3v) is 4.34. The Kier molecular flexibility index (Phi) is 3.19. The van der Waals surface area contributed by atoms with Gasteiger partial charge < -0.3 is 9.84 Å². The van der Waals surface area contributed by atoms with Crippen LogP contribution in [-0.4, -0.2) is 49.5 Å². The molecule has 22 heavy (non-hydrogen) atoms. The second-order valence-electron chi connectivity index (χ2n) is 7.23. The highest BCUT2D eigenvalue weighted by atomic mass is 16.6. The topological polar surface area (TPSA) is 84.7 Å². The van der Waals surface area contributed by atoms with Gasteiger partial charge in [0.2, 0.25) is 0 Å². The van der Waals surface area contributed by atoms with Gasteiger partial charge in [-0.15, -0.1) is 0 Å². The van der Waals surface area contributed by atoms with Crippen molar-refractivity contribution in [1.82, 2.24) is 14.7 Å². The lowest BCUT2D eigenvalue weighted by atomic mass is 10.00. The lowest BCUT2D eigenvalue weighted by Gasteiger charge is -2.28. The molecule has 7 heteroatoms. The molecule has 3 atom stereocenters. The summed E-state index contributed by atoms with van der Waals surface area (Å²) in [5, 5.41) is 13.6. The Morgan fingerprint density at radius 2 is 2.14 bits per heavy atom. The van der Waals surface area contributed by atoms with Crippen molar-refractivity contribution in [3.8, 4) is 0 Å². The zero-order valence-corrected chi connectivity index (χ0v) is 13.0. The number of rotatable bonds is 3. The van der Waals surface area contributed by atoms with E-state index in [1.54, 1.807) is 31.6 Å².